The van der Waals surface area contributed by atoms with E-state index in [0.717, 1.165) is 36.4 Å². The lowest BCUT2D eigenvalue weighted by atomic mass is 9.97. The van der Waals surface area contributed by atoms with Crippen molar-refractivity contribution in [1.82, 2.24) is 4.90 Å². The van der Waals surface area contributed by atoms with Crippen LogP contribution < -0.4 is 4.90 Å². The Bertz CT molecular complexity index is 1010. The van der Waals surface area contributed by atoms with Crippen molar-refractivity contribution in [3.8, 4) is 0 Å². The molecule has 0 radical (unpaired) electrons. The van der Waals surface area contributed by atoms with Crippen LogP contribution in [-0.4, -0.2) is 29.8 Å². The van der Waals surface area contributed by atoms with Crippen LogP contribution in [0.2, 0.25) is 5.02 Å². The second kappa shape index (κ2) is 7.64. The summed E-state index contributed by atoms with van der Waals surface area (Å²) in [4.78, 5) is 29.9. The molecule has 0 aromatic heterocycles. The first-order valence-corrected chi connectivity index (χ1v) is 10.1. The lowest BCUT2D eigenvalue weighted by molar-refractivity contribution is -0.120. The number of benzene rings is 2. The van der Waals surface area contributed by atoms with Gasteiger partial charge in [-0.15, -0.1) is 0 Å². The fraction of sp³-hybridized carbons (Fsp3) is 0.304. The number of hydrogen-bond acceptors (Lipinski definition) is 3. The molecule has 0 aliphatic carbocycles. The van der Waals surface area contributed by atoms with Crippen molar-refractivity contribution in [1.29, 1.82) is 0 Å². The molecular formula is C23H22ClFN2O2. The van der Waals surface area contributed by atoms with E-state index in [9.17, 15) is 14.0 Å². The van der Waals surface area contributed by atoms with E-state index in [2.05, 4.69) is 6.92 Å². The number of halogens is 2. The second-order valence-corrected chi connectivity index (χ2v) is 8.21. The normalized spacial score (nSPS) is 18.2. The number of carbonyl (C=O) groups is 2. The zero-order valence-corrected chi connectivity index (χ0v) is 17.2. The SMILES string of the molecule is Cc1ccc(C2=C(N3CCC(C)CC3)C(=O)N(c3ccc(F)c(Cl)c3)C2=O)cc1. The minimum Gasteiger partial charge on any atom is -0.366 e. The Morgan fingerprint density at radius 3 is 2.28 bits per heavy atom. The lowest BCUT2D eigenvalue weighted by Crippen LogP contribution is -2.38. The topological polar surface area (TPSA) is 40.6 Å². The van der Waals surface area contributed by atoms with E-state index in [-0.39, 0.29) is 16.6 Å². The molecule has 0 saturated carbocycles. The molecule has 2 aliphatic heterocycles. The number of hydrogen-bond donors (Lipinski definition) is 0. The first-order valence-electron chi connectivity index (χ1n) is 9.77. The summed E-state index contributed by atoms with van der Waals surface area (Å²) in [5.41, 5.74) is 2.87. The largest absolute Gasteiger partial charge is 0.366 e. The predicted octanol–water partition coefficient (Wildman–Crippen LogP) is 4.80. The maximum absolute atomic E-state index is 13.6. The highest BCUT2D eigenvalue weighted by Crippen LogP contribution is 2.37. The van der Waals surface area contributed by atoms with E-state index < -0.39 is 11.7 Å². The number of likely N-dealkylation sites (tertiary alicyclic amines) is 1. The third-order valence-electron chi connectivity index (χ3n) is 5.66. The van der Waals surface area contributed by atoms with Crippen LogP contribution in [0.4, 0.5) is 10.1 Å². The molecule has 6 heteroatoms. The Kier molecular flexibility index (Phi) is 5.17. The predicted molar refractivity (Wildman–Crippen MR) is 112 cm³/mol. The van der Waals surface area contributed by atoms with Crippen molar-refractivity contribution in [2.75, 3.05) is 18.0 Å². The van der Waals surface area contributed by atoms with Crippen LogP contribution in [0.15, 0.2) is 48.2 Å². The molecule has 0 unspecified atom stereocenters. The molecular weight excluding hydrogens is 391 g/mol. The van der Waals surface area contributed by atoms with Crippen molar-refractivity contribution >= 4 is 34.7 Å². The van der Waals surface area contributed by atoms with E-state index in [1.807, 2.05) is 36.1 Å². The zero-order valence-electron chi connectivity index (χ0n) is 16.4. The third kappa shape index (κ3) is 3.55. The average molecular weight is 413 g/mol. The molecule has 2 heterocycles. The maximum atomic E-state index is 13.6. The Morgan fingerprint density at radius 1 is 1.00 bits per heavy atom. The molecule has 0 spiro atoms. The number of rotatable bonds is 3. The van der Waals surface area contributed by atoms with Crippen LogP contribution >= 0.6 is 11.6 Å². The van der Waals surface area contributed by atoms with E-state index >= 15 is 0 Å². The quantitative estimate of drug-likeness (QED) is 0.679. The van der Waals surface area contributed by atoms with Crippen LogP contribution in [0, 0.1) is 18.7 Å². The van der Waals surface area contributed by atoms with Gasteiger partial charge in [0.25, 0.3) is 11.8 Å². The smallest absolute Gasteiger partial charge is 0.282 e. The highest BCUT2D eigenvalue weighted by Gasteiger charge is 2.43. The van der Waals surface area contributed by atoms with Crippen molar-refractivity contribution in [2.45, 2.75) is 26.7 Å². The van der Waals surface area contributed by atoms with E-state index in [0.29, 0.717) is 22.8 Å². The van der Waals surface area contributed by atoms with Gasteiger partial charge in [0.05, 0.1) is 16.3 Å². The van der Waals surface area contributed by atoms with E-state index in [4.69, 9.17) is 11.6 Å². The molecule has 2 aliphatic rings. The molecule has 150 valence electrons. The summed E-state index contributed by atoms with van der Waals surface area (Å²) < 4.78 is 13.6. The summed E-state index contributed by atoms with van der Waals surface area (Å²) in [5.74, 6) is -0.793. The molecule has 1 fully saturated rings. The summed E-state index contributed by atoms with van der Waals surface area (Å²) in [6.45, 7) is 5.62. The van der Waals surface area contributed by atoms with E-state index in [1.54, 1.807) is 0 Å². The third-order valence-corrected chi connectivity index (χ3v) is 5.95. The summed E-state index contributed by atoms with van der Waals surface area (Å²) in [6, 6.07) is 11.5. The molecule has 2 aromatic carbocycles. The first kappa shape index (κ1) is 19.6. The van der Waals surface area contributed by atoms with E-state index in [1.165, 1.54) is 18.2 Å². The molecule has 2 amide bonds. The highest BCUT2D eigenvalue weighted by atomic mass is 35.5. The average Bonchev–Trinajstić information content (AvgIpc) is 2.96. The summed E-state index contributed by atoms with van der Waals surface area (Å²) in [5, 5.41) is -0.125. The Morgan fingerprint density at radius 2 is 1.66 bits per heavy atom. The fourth-order valence-corrected chi connectivity index (χ4v) is 4.06. The summed E-state index contributed by atoms with van der Waals surface area (Å²) >= 11 is 5.91. The van der Waals surface area contributed by atoms with Gasteiger partial charge in [-0.05, 0) is 49.4 Å². The van der Waals surface area contributed by atoms with Gasteiger partial charge < -0.3 is 4.90 Å². The van der Waals surface area contributed by atoms with Crippen molar-refractivity contribution in [3.63, 3.8) is 0 Å². The number of amides is 2. The first-order chi connectivity index (χ1) is 13.9. The van der Waals surface area contributed by atoms with Gasteiger partial charge in [0, 0.05) is 13.1 Å². The molecule has 0 N–H and O–H groups in total. The van der Waals surface area contributed by atoms with Crippen molar-refractivity contribution in [2.24, 2.45) is 5.92 Å². The molecule has 29 heavy (non-hydrogen) atoms. The monoisotopic (exact) mass is 412 g/mol. The number of anilines is 1. The maximum Gasteiger partial charge on any atom is 0.282 e. The van der Waals surface area contributed by atoms with Gasteiger partial charge in [-0.3, -0.25) is 9.59 Å². The Balaban J connectivity index is 1.81. The van der Waals surface area contributed by atoms with Gasteiger partial charge in [-0.25, -0.2) is 9.29 Å². The van der Waals surface area contributed by atoms with Gasteiger partial charge >= 0.3 is 0 Å². The van der Waals surface area contributed by atoms with Gasteiger partial charge in [0.15, 0.2) is 0 Å². The Hall–Kier alpha value is -2.66. The molecule has 4 rings (SSSR count). The van der Waals surface area contributed by atoms with Crippen molar-refractivity contribution in [3.05, 3.63) is 70.1 Å². The van der Waals surface area contributed by atoms with Crippen LogP contribution in [0.3, 0.4) is 0 Å². The molecule has 1 saturated heterocycles. The van der Waals surface area contributed by atoms with Crippen LogP contribution in [0.25, 0.3) is 5.57 Å². The Labute approximate surface area is 174 Å². The minimum atomic E-state index is -0.591. The molecule has 0 bridgehead atoms. The van der Waals surface area contributed by atoms with Gasteiger partial charge in [0.2, 0.25) is 0 Å². The van der Waals surface area contributed by atoms with Crippen LogP contribution in [0.5, 0.6) is 0 Å². The second-order valence-electron chi connectivity index (χ2n) is 7.80. The van der Waals surface area contributed by atoms with Gasteiger partial charge in [-0.1, -0.05) is 48.4 Å². The van der Waals surface area contributed by atoms with Gasteiger partial charge in [-0.2, -0.15) is 0 Å². The number of aryl methyl sites for hydroxylation is 1. The molecule has 4 nitrogen and oxygen atoms in total. The summed E-state index contributed by atoms with van der Waals surface area (Å²) in [6.07, 6.45) is 1.93. The number of carbonyl (C=O) groups excluding carboxylic acids is 2. The van der Waals surface area contributed by atoms with Crippen LogP contribution in [0.1, 0.15) is 30.9 Å². The number of piperidine rings is 1. The van der Waals surface area contributed by atoms with Crippen LogP contribution in [-0.2, 0) is 9.59 Å². The number of imide groups is 1. The minimum absolute atomic E-state index is 0.125. The number of nitrogens with zero attached hydrogens (tertiary/aromatic N) is 2. The van der Waals surface area contributed by atoms with Gasteiger partial charge in [0.1, 0.15) is 11.5 Å². The summed E-state index contributed by atoms with van der Waals surface area (Å²) in [7, 11) is 0. The van der Waals surface area contributed by atoms with Crippen molar-refractivity contribution < 1.29 is 14.0 Å². The molecule has 2 aromatic rings. The standard InChI is InChI=1S/C23H22ClFN2O2/c1-14-3-5-16(6-4-14)20-21(26-11-9-15(2)10-12-26)23(29)27(22(20)28)17-7-8-19(25)18(24)13-17/h3-8,13,15H,9-12H2,1-2H3. The zero-order chi connectivity index (χ0) is 20.7. The highest BCUT2D eigenvalue weighted by molar-refractivity contribution is 6.45. The lowest BCUT2D eigenvalue weighted by Gasteiger charge is -2.32. The molecule has 0 atom stereocenters. The fourth-order valence-electron chi connectivity index (χ4n) is 3.88.